The maximum absolute atomic E-state index is 11.8. The van der Waals surface area contributed by atoms with Crippen molar-refractivity contribution < 1.29 is 19.3 Å². The van der Waals surface area contributed by atoms with E-state index < -0.39 is 12.1 Å². The quantitative estimate of drug-likeness (QED) is 0.431. The molecule has 20 heavy (non-hydrogen) atoms. The zero-order valence-corrected chi connectivity index (χ0v) is 11.9. The molecule has 0 heterocycles. The number of carbonyl (C=O) groups is 2. The minimum atomic E-state index is -1.41. The Morgan fingerprint density at radius 3 is 2.20 bits per heavy atom. The Labute approximate surface area is 117 Å². The number of nitrogens with zero attached hydrogens (tertiary/aromatic N) is 2. The van der Waals surface area contributed by atoms with Crippen molar-refractivity contribution in [1.82, 2.24) is 10.2 Å². The molecule has 1 aromatic rings. The van der Waals surface area contributed by atoms with Gasteiger partial charge in [-0.3, -0.25) is 9.89 Å². The van der Waals surface area contributed by atoms with Gasteiger partial charge in [-0.2, -0.15) is 5.32 Å². The van der Waals surface area contributed by atoms with Gasteiger partial charge in [0.1, 0.15) is 0 Å². The highest BCUT2D eigenvalue weighted by atomic mass is 16.4. The van der Waals surface area contributed by atoms with Gasteiger partial charge in [0.15, 0.2) is 0 Å². The first kappa shape index (κ1) is 15.5. The lowest BCUT2D eigenvalue weighted by atomic mass is 10.2. The summed E-state index contributed by atoms with van der Waals surface area (Å²) in [4.78, 5) is 23.5. The lowest BCUT2D eigenvalue weighted by molar-refractivity contribution is -0.471. The van der Waals surface area contributed by atoms with E-state index in [-0.39, 0.29) is 5.96 Å². The van der Waals surface area contributed by atoms with Gasteiger partial charge in [0.2, 0.25) is 6.09 Å². The number of carboxylic acid groups (broad SMARTS) is 1. The van der Waals surface area contributed by atoms with Crippen LogP contribution in [-0.4, -0.2) is 48.7 Å². The van der Waals surface area contributed by atoms with Gasteiger partial charge in [0.05, 0.1) is 21.1 Å². The largest absolute Gasteiger partial charge is 0.517 e. The van der Waals surface area contributed by atoms with Crippen LogP contribution < -0.4 is 15.7 Å². The molecule has 1 aromatic carbocycles. The van der Waals surface area contributed by atoms with Crippen LogP contribution in [0.3, 0.4) is 0 Å². The average molecular weight is 278 g/mol. The Balaban J connectivity index is 2.75. The summed E-state index contributed by atoms with van der Waals surface area (Å²) in [5, 5.41) is 15.9. The van der Waals surface area contributed by atoms with Crippen LogP contribution in [0.4, 0.5) is 15.3 Å². The first-order valence-corrected chi connectivity index (χ1v) is 5.95. The molecule has 0 spiro atoms. The highest BCUT2D eigenvalue weighted by molar-refractivity contribution is 6.03. The Morgan fingerprint density at radius 2 is 1.75 bits per heavy atom. The molecule has 7 nitrogen and oxygen atoms in total. The summed E-state index contributed by atoms with van der Waals surface area (Å²) in [7, 11) is 4.51. The molecule has 0 aliphatic carbocycles. The third-order valence-corrected chi connectivity index (χ3v) is 2.55. The number of aryl methyl sites for hydroxylation is 1. The molecule has 108 valence electrons. The topological polar surface area (TPSA) is 87.5 Å². The van der Waals surface area contributed by atoms with E-state index in [9.17, 15) is 14.7 Å². The van der Waals surface area contributed by atoms with Gasteiger partial charge < -0.3 is 9.90 Å². The number of benzene rings is 1. The summed E-state index contributed by atoms with van der Waals surface area (Å²) < 4.78 is 1.46. The lowest BCUT2D eigenvalue weighted by Gasteiger charge is -2.16. The van der Waals surface area contributed by atoms with Crippen molar-refractivity contribution in [3.05, 3.63) is 29.8 Å². The molecule has 3 amide bonds. The SMILES string of the molecule is Cc1ccc(NC(=O)NC(N(C)C(=O)[O-])=[N+](C)C)cc1. The summed E-state index contributed by atoms with van der Waals surface area (Å²) >= 11 is 0. The lowest BCUT2D eigenvalue weighted by Crippen LogP contribution is -2.53. The van der Waals surface area contributed by atoms with Gasteiger partial charge >= 0.3 is 12.0 Å². The smallest absolute Gasteiger partial charge is 0.384 e. The van der Waals surface area contributed by atoms with Crippen molar-refractivity contribution in [2.45, 2.75) is 6.92 Å². The Kier molecular flexibility index (Phi) is 5.08. The summed E-state index contributed by atoms with van der Waals surface area (Å²) in [6.07, 6.45) is -1.41. The van der Waals surface area contributed by atoms with E-state index in [1.807, 2.05) is 19.1 Å². The van der Waals surface area contributed by atoms with Crippen molar-refractivity contribution in [3.63, 3.8) is 0 Å². The minimum absolute atomic E-state index is 0.0922. The van der Waals surface area contributed by atoms with Crippen LogP contribution in [0.25, 0.3) is 0 Å². The van der Waals surface area contributed by atoms with Crippen molar-refractivity contribution in [3.8, 4) is 0 Å². The number of rotatable bonds is 1. The number of carbonyl (C=O) groups excluding carboxylic acids is 2. The minimum Gasteiger partial charge on any atom is -0.517 e. The molecule has 0 atom stereocenters. The van der Waals surface area contributed by atoms with Crippen LogP contribution in [0.1, 0.15) is 5.56 Å². The van der Waals surface area contributed by atoms with E-state index in [1.165, 1.54) is 11.6 Å². The van der Waals surface area contributed by atoms with Crippen molar-refractivity contribution >= 4 is 23.8 Å². The van der Waals surface area contributed by atoms with Gasteiger partial charge in [-0.1, -0.05) is 17.7 Å². The van der Waals surface area contributed by atoms with Crippen LogP contribution in [0.2, 0.25) is 0 Å². The monoisotopic (exact) mass is 278 g/mol. The first-order valence-electron chi connectivity index (χ1n) is 5.95. The third-order valence-electron chi connectivity index (χ3n) is 2.55. The van der Waals surface area contributed by atoms with E-state index in [4.69, 9.17) is 0 Å². The van der Waals surface area contributed by atoms with Gasteiger partial charge in [0, 0.05) is 5.69 Å². The summed E-state index contributed by atoms with van der Waals surface area (Å²) in [5.74, 6) is 0.0922. The number of amides is 3. The van der Waals surface area contributed by atoms with E-state index in [0.717, 1.165) is 10.5 Å². The molecule has 0 aliphatic heterocycles. The molecular formula is C13H18N4O3. The maximum Gasteiger partial charge on any atom is 0.384 e. The highest BCUT2D eigenvalue weighted by Gasteiger charge is 2.20. The van der Waals surface area contributed by atoms with Crippen LogP contribution >= 0.6 is 0 Å². The van der Waals surface area contributed by atoms with Crippen molar-refractivity contribution in [2.75, 3.05) is 26.5 Å². The molecule has 0 saturated heterocycles. The Morgan fingerprint density at radius 1 is 1.20 bits per heavy atom. The van der Waals surface area contributed by atoms with Crippen LogP contribution in [0.15, 0.2) is 24.3 Å². The zero-order valence-electron chi connectivity index (χ0n) is 11.9. The first-order chi connectivity index (χ1) is 9.31. The second kappa shape index (κ2) is 6.55. The highest BCUT2D eigenvalue weighted by Crippen LogP contribution is 2.07. The number of hydrogen-bond acceptors (Lipinski definition) is 3. The molecule has 0 radical (unpaired) electrons. The molecule has 0 saturated carbocycles. The predicted octanol–water partition coefficient (Wildman–Crippen LogP) is 0.0197. The molecular weight excluding hydrogens is 260 g/mol. The maximum atomic E-state index is 11.8. The fraction of sp³-hybridized carbons (Fsp3) is 0.308. The molecule has 0 bridgehead atoms. The fourth-order valence-electron chi connectivity index (χ4n) is 1.48. The number of urea groups is 1. The number of anilines is 1. The van der Waals surface area contributed by atoms with Gasteiger partial charge in [-0.05, 0) is 19.1 Å². The summed E-state index contributed by atoms with van der Waals surface area (Å²) in [5.41, 5.74) is 1.69. The van der Waals surface area contributed by atoms with Crippen molar-refractivity contribution in [2.24, 2.45) is 0 Å². The molecule has 0 aliphatic rings. The van der Waals surface area contributed by atoms with E-state index >= 15 is 0 Å². The molecule has 0 unspecified atom stereocenters. The second-order valence-corrected chi connectivity index (χ2v) is 4.49. The standard InChI is InChI=1S/C13H18N4O3/c1-9-5-7-10(8-6-9)14-11(18)15-12(16(2)3)17(4)13(19)20/h5-8H,1-4H3,(H2,14,18,19,20). The zero-order chi connectivity index (χ0) is 15.3. The van der Waals surface area contributed by atoms with Gasteiger partial charge in [-0.15, -0.1) is 0 Å². The van der Waals surface area contributed by atoms with Gasteiger partial charge in [-0.25, -0.2) is 9.69 Å². The van der Waals surface area contributed by atoms with Crippen LogP contribution in [-0.2, 0) is 0 Å². The van der Waals surface area contributed by atoms with Crippen LogP contribution in [0.5, 0.6) is 0 Å². The third kappa shape index (κ3) is 4.27. The van der Waals surface area contributed by atoms with E-state index in [1.54, 1.807) is 26.2 Å². The van der Waals surface area contributed by atoms with Crippen LogP contribution in [0, 0.1) is 6.92 Å². The normalized spacial score (nSPS) is 9.60. The molecule has 0 fully saturated rings. The number of guanidine groups is 1. The molecule has 7 heteroatoms. The van der Waals surface area contributed by atoms with Gasteiger partial charge in [0.25, 0.3) is 0 Å². The summed E-state index contributed by atoms with van der Waals surface area (Å²) in [6.45, 7) is 1.94. The Hall–Kier alpha value is -2.57. The average Bonchev–Trinajstić information content (AvgIpc) is 2.37. The second-order valence-electron chi connectivity index (χ2n) is 4.49. The summed E-state index contributed by atoms with van der Waals surface area (Å²) in [6, 6.07) is 6.70. The molecule has 0 aromatic heterocycles. The Bertz CT molecular complexity index is 533. The van der Waals surface area contributed by atoms with E-state index in [2.05, 4.69) is 10.6 Å². The number of hydrogen-bond donors (Lipinski definition) is 2. The number of nitrogens with one attached hydrogen (secondary N) is 2. The fourth-order valence-corrected chi connectivity index (χ4v) is 1.48. The predicted molar refractivity (Wildman–Crippen MR) is 73.6 cm³/mol. The van der Waals surface area contributed by atoms with E-state index in [0.29, 0.717) is 5.69 Å². The van der Waals surface area contributed by atoms with Crippen molar-refractivity contribution in [1.29, 1.82) is 0 Å². The molecule has 1 rings (SSSR count). The molecule has 2 N–H and O–H groups in total.